The summed E-state index contributed by atoms with van der Waals surface area (Å²) in [7, 11) is 0. The van der Waals surface area contributed by atoms with Crippen molar-refractivity contribution in [1.82, 2.24) is 15.1 Å². The smallest absolute Gasteiger partial charge is 0.274 e. The van der Waals surface area contributed by atoms with Crippen LogP contribution in [0.15, 0.2) is 30.3 Å². The van der Waals surface area contributed by atoms with Gasteiger partial charge in [0.15, 0.2) is 11.4 Å². The van der Waals surface area contributed by atoms with E-state index in [4.69, 9.17) is 11.2 Å². The fourth-order valence-corrected chi connectivity index (χ4v) is 2.13. The molecule has 0 saturated heterocycles. The van der Waals surface area contributed by atoms with Crippen molar-refractivity contribution in [2.24, 2.45) is 0 Å². The van der Waals surface area contributed by atoms with E-state index in [-0.39, 0.29) is 12.5 Å². The molecule has 0 aliphatic heterocycles. The quantitative estimate of drug-likeness (QED) is 0.831. The Morgan fingerprint density at radius 2 is 2.14 bits per heavy atom. The van der Waals surface area contributed by atoms with Crippen molar-refractivity contribution in [3.05, 3.63) is 47.3 Å². The van der Waals surface area contributed by atoms with Gasteiger partial charge in [-0.1, -0.05) is 36.3 Å². The highest BCUT2D eigenvalue weighted by Gasteiger charge is 2.22. The Kier molecular flexibility index (Phi) is 5.21. The van der Waals surface area contributed by atoms with Crippen molar-refractivity contribution in [2.75, 3.05) is 6.54 Å². The monoisotopic (exact) mass is 297 g/mol. The van der Waals surface area contributed by atoms with E-state index in [0.29, 0.717) is 30.3 Å². The second kappa shape index (κ2) is 7.32. The summed E-state index contributed by atoms with van der Waals surface area (Å²) in [5.74, 6) is 2.61. The van der Waals surface area contributed by atoms with Crippen LogP contribution in [0.1, 0.15) is 28.7 Å². The molecule has 1 N–H and O–H groups in total. The first kappa shape index (κ1) is 15.6. The van der Waals surface area contributed by atoms with Crippen molar-refractivity contribution >= 4 is 5.91 Å². The van der Waals surface area contributed by atoms with E-state index in [1.807, 2.05) is 44.2 Å². The largest absolute Gasteiger partial charge is 0.484 e. The minimum absolute atomic E-state index is 0.172. The predicted molar refractivity (Wildman–Crippen MR) is 84.6 cm³/mol. The molecule has 2 aromatic rings. The summed E-state index contributed by atoms with van der Waals surface area (Å²) in [4.78, 5) is 12.3. The molecule has 1 aromatic heterocycles. The minimum atomic E-state index is -0.275. The van der Waals surface area contributed by atoms with Crippen molar-refractivity contribution in [2.45, 2.75) is 27.0 Å². The fraction of sp³-hybridized carbons (Fsp3) is 0.294. The standard InChI is InChI=1S/C17H19N3O2/c1-4-11-18-17(21)15-16(13(3)19-20(15)5-2)22-12-14-9-7-6-8-10-14/h1,6-10H,5,11-12H2,2-3H3,(H,18,21). The maximum Gasteiger partial charge on any atom is 0.274 e. The van der Waals surface area contributed by atoms with E-state index in [9.17, 15) is 4.79 Å². The number of carbonyl (C=O) groups excluding carboxylic acids is 1. The fourth-order valence-electron chi connectivity index (χ4n) is 2.13. The molecule has 0 atom stereocenters. The first-order valence-electron chi connectivity index (χ1n) is 7.13. The Labute approximate surface area is 130 Å². The number of rotatable bonds is 6. The van der Waals surface area contributed by atoms with E-state index in [0.717, 1.165) is 5.56 Å². The van der Waals surface area contributed by atoms with Crippen LogP contribution < -0.4 is 10.1 Å². The summed E-state index contributed by atoms with van der Waals surface area (Å²) >= 11 is 0. The SMILES string of the molecule is C#CCNC(=O)c1c(OCc2ccccc2)c(C)nn1CC. The molecule has 1 amide bonds. The molecular formula is C17H19N3O2. The van der Waals surface area contributed by atoms with Crippen LogP contribution in [0.5, 0.6) is 5.75 Å². The van der Waals surface area contributed by atoms with Crippen molar-refractivity contribution < 1.29 is 9.53 Å². The average molecular weight is 297 g/mol. The Bertz CT molecular complexity index is 684. The molecule has 1 aromatic carbocycles. The molecule has 5 heteroatoms. The minimum Gasteiger partial charge on any atom is -0.484 e. The van der Waals surface area contributed by atoms with E-state index >= 15 is 0 Å². The summed E-state index contributed by atoms with van der Waals surface area (Å²) in [6.45, 7) is 4.88. The predicted octanol–water partition coefficient (Wildman–Crippen LogP) is 2.15. The number of terminal acetylenes is 1. The molecule has 0 unspecified atom stereocenters. The molecular weight excluding hydrogens is 278 g/mol. The number of nitrogens with one attached hydrogen (secondary N) is 1. The number of benzene rings is 1. The van der Waals surface area contributed by atoms with Gasteiger partial charge in [0.2, 0.25) is 0 Å². The van der Waals surface area contributed by atoms with Gasteiger partial charge in [-0.15, -0.1) is 6.42 Å². The molecule has 0 saturated carbocycles. The molecule has 0 fully saturated rings. The Morgan fingerprint density at radius 3 is 2.77 bits per heavy atom. The Hall–Kier alpha value is -2.74. The Morgan fingerprint density at radius 1 is 1.41 bits per heavy atom. The van der Waals surface area contributed by atoms with Crippen LogP contribution in [0, 0.1) is 19.3 Å². The summed E-state index contributed by atoms with van der Waals surface area (Å²) in [5, 5.41) is 7.01. The first-order chi connectivity index (χ1) is 10.7. The summed E-state index contributed by atoms with van der Waals surface area (Å²) in [5.41, 5.74) is 2.12. The molecule has 22 heavy (non-hydrogen) atoms. The third-order valence-electron chi connectivity index (χ3n) is 3.16. The number of aromatic nitrogens is 2. The van der Waals surface area contributed by atoms with Gasteiger partial charge >= 0.3 is 0 Å². The maximum absolute atomic E-state index is 12.3. The molecule has 0 aliphatic rings. The number of amides is 1. The second-order valence-electron chi connectivity index (χ2n) is 4.74. The number of nitrogens with zero attached hydrogens (tertiary/aromatic N) is 2. The van der Waals surface area contributed by atoms with Crippen LogP contribution in [-0.2, 0) is 13.2 Å². The molecule has 0 spiro atoms. The van der Waals surface area contributed by atoms with Gasteiger partial charge in [-0.3, -0.25) is 9.48 Å². The molecule has 5 nitrogen and oxygen atoms in total. The maximum atomic E-state index is 12.3. The molecule has 1 heterocycles. The molecule has 0 aliphatic carbocycles. The Balaban J connectivity index is 2.24. The second-order valence-corrected chi connectivity index (χ2v) is 4.74. The number of hydrogen-bond donors (Lipinski definition) is 1. The number of aryl methyl sites for hydroxylation is 2. The number of ether oxygens (including phenoxy) is 1. The first-order valence-corrected chi connectivity index (χ1v) is 7.13. The molecule has 2 rings (SSSR count). The lowest BCUT2D eigenvalue weighted by Gasteiger charge is -2.09. The summed E-state index contributed by atoms with van der Waals surface area (Å²) < 4.78 is 7.47. The third-order valence-corrected chi connectivity index (χ3v) is 3.16. The zero-order valence-electron chi connectivity index (χ0n) is 12.8. The zero-order chi connectivity index (χ0) is 15.9. The summed E-state index contributed by atoms with van der Waals surface area (Å²) in [6.07, 6.45) is 5.18. The third kappa shape index (κ3) is 3.47. The summed E-state index contributed by atoms with van der Waals surface area (Å²) in [6, 6.07) is 9.78. The number of carbonyl (C=O) groups is 1. The van der Waals surface area contributed by atoms with E-state index < -0.39 is 0 Å². The van der Waals surface area contributed by atoms with E-state index in [1.54, 1.807) is 4.68 Å². The highest BCUT2D eigenvalue weighted by atomic mass is 16.5. The zero-order valence-corrected chi connectivity index (χ0v) is 12.8. The lowest BCUT2D eigenvalue weighted by Crippen LogP contribution is -2.27. The van der Waals surface area contributed by atoms with Gasteiger partial charge < -0.3 is 10.1 Å². The van der Waals surface area contributed by atoms with Crippen LogP contribution in [0.25, 0.3) is 0 Å². The van der Waals surface area contributed by atoms with Crippen molar-refractivity contribution in [1.29, 1.82) is 0 Å². The van der Waals surface area contributed by atoms with Gasteiger partial charge in [0.25, 0.3) is 5.91 Å². The molecule has 0 bridgehead atoms. The van der Waals surface area contributed by atoms with Gasteiger partial charge in [0.1, 0.15) is 12.3 Å². The lowest BCUT2D eigenvalue weighted by atomic mass is 10.2. The van der Waals surface area contributed by atoms with Crippen LogP contribution >= 0.6 is 0 Å². The van der Waals surface area contributed by atoms with Crippen LogP contribution in [0.2, 0.25) is 0 Å². The van der Waals surface area contributed by atoms with E-state index in [2.05, 4.69) is 16.3 Å². The van der Waals surface area contributed by atoms with Crippen molar-refractivity contribution in [3.8, 4) is 18.1 Å². The van der Waals surface area contributed by atoms with Gasteiger partial charge in [-0.2, -0.15) is 5.10 Å². The number of hydrogen-bond acceptors (Lipinski definition) is 3. The van der Waals surface area contributed by atoms with Gasteiger partial charge in [0, 0.05) is 6.54 Å². The highest BCUT2D eigenvalue weighted by molar-refractivity contribution is 5.95. The van der Waals surface area contributed by atoms with Crippen LogP contribution in [-0.4, -0.2) is 22.2 Å². The van der Waals surface area contributed by atoms with Crippen LogP contribution in [0.4, 0.5) is 0 Å². The van der Waals surface area contributed by atoms with Crippen LogP contribution in [0.3, 0.4) is 0 Å². The van der Waals surface area contributed by atoms with Gasteiger partial charge in [-0.25, -0.2) is 0 Å². The lowest BCUT2D eigenvalue weighted by molar-refractivity contribution is 0.0943. The topological polar surface area (TPSA) is 56.1 Å². The van der Waals surface area contributed by atoms with Gasteiger partial charge in [0.05, 0.1) is 6.54 Å². The van der Waals surface area contributed by atoms with Crippen molar-refractivity contribution in [3.63, 3.8) is 0 Å². The average Bonchev–Trinajstić information content (AvgIpc) is 2.87. The van der Waals surface area contributed by atoms with E-state index in [1.165, 1.54) is 0 Å². The molecule has 0 radical (unpaired) electrons. The van der Waals surface area contributed by atoms with Gasteiger partial charge in [-0.05, 0) is 19.4 Å². The highest BCUT2D eigenvalue weighted by Crippen LogP contribution is 2.24. The normalized spacial score (nSPS) is 10.0. The molecule has 114 valence electrons.